The van der Waals surface area contributed by atoms with Gasteiger partial charge < -0.3 is 4.90 Å². The Morgan fingerprint density at radius 3 is 2.73 bits per heavy atom. The summed E-state index contributed by atoms with van der Waals surface area (Å²) in [4.78, 5) is 18.0. The molecule has 1 aliphatic heterocycles. The maximum Gasteiger partial charge on any atom is 0.293 e. The van der Waals surface area contributed by atoms with E-state index in [-0.39, 0.29) is 5.91 Å². The quantitative estimate of drug-likeness (QED) is 0.782. The first kappa shape index (κ1) is 8.88. The lowest BCUT2D eigenvalue weighted by molar-refractivity contribution is 0.0781. The fourth-order valence-electron chi connectivity index (χ4n) is 1.97. The van der Waals surface area contributed by atoms with Gasteiger partial charge >= 0.3 is 0 Å². The highest BCUT2D eigenvalue weighted by molar-refractivity contribution is 5.90. The van der Waals surface area contributed by atoms with Gasteiger partial charge in [-0.15, -0.1) is 5.10 Å². The summed E-state index contributed by atoms with van der Waals surface area (Å²) in [5.41, 5.74) is 0. The van der Waals surface area contributed by atoms with Crippen molar-refractivity contribution in [1.29, 1.82) is 0 Å². The average Bonchev–Trinajstić information content (AvgIpc) is 2.83. The van der Waals surface area contributed by atoms with Gasteiger partial charge in [0.25, 0.3) is 5.91 Å². The van der Waals surface area contributed by atoms with Gasteiger partial charge in [0.2, 0.25) is 5.82 Å². The molecule has 1 saturated heterocycles. The molecule has 5 nitrogen and oxygen atoms in total. The minimum absolute atomic E-state index is 0.0179. The van der Waals surface area contributed by atoms with Gasteiger partial charge in [0.15, 0.2) is 0 Å². The molecule has 15 heavy (non-hydrogen) atoms. The Balaban J connectivity index is 1.75. The Bertz CT molecular complexity index is 377. The SMILES string of the molecule is O=C(c1n[nH]c(C2CC2)n1)N1CCCC1. The molecule has 1 aliphatic carbocycles. The average molecular weight is 206 g/mol. The summed E-state index contributed by atoms with van der Waals surface area (Å²) in [5, 5.41) is 6.86. The van der Waals surface area contributed by atoms with E-state index in [1.54, 1.807) is 0 Å². The Morgan fingerprint density at radius 1 is 1.33 bits per heavy atom. The predicted octanol–water partition coefficient (Wildman–Crippen LogP) is 0.918. The van der Waals surface area contributed by atoms with Crippen molar-refractivity contribution in [3.05, 3.63) is 11.6 Å². The van der Waals surface area contributed by atoms with E-state index in [1.165, 1.54) is 12.8 Å². The Kier molecular flexibility index (Phi) is 1.97. The van der Waals surface area contributed by atoms with E-state index in [4.69, 9.17) is 0 Å². The molecule has 2 fully saturated rings. The second-order valence-electron chi connectivity index (χ2n) is 4.32. The van der Waals surface area contributed by atoms with E-state index in [9.17, 15) is 4.79 Å². The van der Waals surface area contributed by atoms with Crippen molar-refractivity contribution in [3.8, 4) is 0 Å². The zero-order valence-corrected chi connectivity index (χ0v) is 8.57. The lowest BCUT2D eigenvalue weighted by Crippen LogP contribution is -2.28. The number of nitrogens with zero attached hydrogens (tertiary/aromatic N) is 3. The number of nitrogens with one attached hydrogen (secondary N) is 1. The van der Waals surface area contributed by atoms with Gasteiger partial charge in [-0.05, 0) is 25.7 Å². The highest BCUT2D eigenvalue weighted by atomic mass is 16.2. The molecular weight excluding hydrogens is 192 g/mol. The Hall–Kier alpha value is -1.39. The van der Waals surface area contributed by atoms with E-state index >= 15 is 0 Å². The van der Waals surface area contributed by atoms with Gasteiger partial charge in [-0.25, -0.2) is 4.98 Å². The molecule has 2 heterocycles. The molecule has 0 bridgehead atoms. The molecule has 1 N–H and O–H groups in total. The lowest BCUT2D eigenvalue weighted by Gasteiger charge is -2.11. The van der Waals surface area contributed by atoms with Crippen LogP contribution in [0.4, 0.5) is 0 Å². The highest BCUT2D eigenvalue weighted by Gasteiger charge is 2.29. The molecule has 0 aromatic carbocycles. The second-order valence-corrected chi connectivity index (χ2v) is 4.32. The first-order valence-electron chi connectivity index (χ1n) is 5.56. The summed E-state index contributed by atoms with van der Waals surface area (Å²) in [6.07, 6.45) is 4.55. The van der Waals surface area contributed by atoms with Crippen LogP contribution in [0, 0.1) is 0 Å². The van der Waals surface area contributed by atoms with Crippen molar-refractivity contribution in [1.82, 2.24) is 20.1 Å². The molecule has 1 aromatic heterocycles. The van der Waals surface area contributed by atoms with E-state index < -0.39 is 0 Å². The fourth-order valence-corrected chi connectivity index (χ4v) is 1.97. The fraction of sp³-hybridized carbons (Fsp3) is 0.700. The second kappa shape index (κ2) is 3.32. The van der Waals surface area contributed by atoms with Crippen molar-refractivity contribution < 1.29 is 4.79 Å². The normalized spacial score (nSPS) is 20.9. The van der Waals surface area contributed by atoms with Crippen LogP contribution in [-0.4, -0.2) is 39.1 Å². The number of carbonyl (C=O) groups excluding carboxylic acids is 1. The zero-order chi connectivity index (χ0) is 10.3. The monoisotopic (exact) mass is 206 g/mol. The summed E-state index contributed by atoms with van der Waals surface area (Å²) in [5.74, 6) is 1.74. The number of hydrogen-bond acceptors (Lipinski definition) is 3. The molecule has 3 rings (SSSR count). The molecular formula is C10H14N4O. The molecule has 0 radical (unpaired) electrons. The van der Waals surface area contributed by atoms with Gasteiger partial charge in [0.05, 0.1) is 0 Å². The number of carbonyl (C=O) groups is 1. The molecule has 0 atom stereocenters. The van der Waals surface area contributed by atoms with Gasteiger partial charge in [-0.3, -0.25) is 9.89 Å². The molecule has 2 aliphatic rings. The van der Waals surface area contributed by atoms with E-state index in [1.807, 2.05) is 4.90 Å². The third-order valence-electron chi connectivity index (χ3n) is 3.05. The van der Waals surface area contributed by atoms with Crippen LogP contribution in [0.5, 0.6) is 0 Å². The van der Waals surface area contributed by atoms with Gasteiger partial charge in [0.1, 0.15) is 5.82 Å². The zero-order valence-electron chi connectivity index (χ0n) is 8.57. The summed E-state index contributed by atoms with van der Waals surface area (Å²) in [7, 11) is 0. The Labute approximate surface area is 87.9 Å². The topological polar surface area (TPSA) is 61.9 Å². The van der Waals surface area contributed by atoms with Gasteiger partial charge in [-0.2, -0.15) is 0 Å². The van der Waals surface area contributed by atoms with Gasteiger partial charge in [0, 0.05) is 19.0 Å². The number of aromatic nitrogens is 3. The maximum absolute atomic E-state index is 11.9. The summed E-state index contributed by atoms with van der Waals surface area (Å²) < 4.78 is 0. The van der Waals surface area contributed by atoms with E-state index in [0.29, 0.717) is 11.7 Å². The van der Waals surface area contributed by atoms with E-state index in [2.05, 4.69) is 15.2 Å². The van der Waals surface area contributed by atoms with Crippen molar-refractivity contribution in [2.45, 2.75) is 31.6 Å². The number of H-pyrrole nitrogens is 1. The lowest BCUT2D eigenvalue weighted by atomic mass is 10.4. The smallest absolute Gasteiger partial charge is 0.293 e. The first-order chi connectivity index (χ1) is 7.34. The van der Waals surface area contributed by atoms with Crippen LogP contribution < -0.4 is 0 Å². The third-order valence-corrected chi connectivity index (χ3v) is 3.05. The third kappa shape index (κ3) is 1.62. The van der Waals surface area contributed by atoms with Crippen molar-refractivity contribution in [3.63, 3.8) is 0 Å². The van der Waals surface area contributed by atoms with Crippen LogP contribution in [0.2, 0.25) is 0 Å². The largest absolute Gasteiger partial charge is 0.336 e. The minimum atomic E-state index is -0.0179. The summed E-state index contributed by atoms with van der Waals surface area (Å²) in [6, 6.07) is 0. The number of aromatic amines is 1. The molecule has 1 saturated carbocycles. The van der Waals surface area contributed by atoms with E-state index in [0.717, 1.165) is 31.8 Å². The Morgan fingerprint density at radius 2 is 2.07 bits per heavy atom. The molecule has 0 unspecified atom stereocenters. The van der Waals surface area contributed by atoms with Crippen LogP contribution in [0.25, 0.3) is 0 Å². The molecule has 1 aromatic rings. The van der Waals surface area contributed by atoms with Gasteiger partial charge in [-0.1, -0.05) is 0 Å². The summed E-state index contributed by atoms with van der Waals surface area (Å²) in [6.45, 7) is 1.71. The number of amides is 1. The highest BCUT2D eigenvalue weighted by Crippen LogP contribution is 2.37. The van der Waals surface area contributed by atoms with Crippen molar-refractivity contribution >= 4 is 5.91 Å². The van der Waals surface area contributed by atoms with Crippen molar-refractivity contribution in [2.24, 2.45) is 0 Å². The maximum atomic E-state index is 11.9. The molecule has 1 amide bonds. The number of hydrogen-bond donors (Lipinski definition) is 1. The summed E-state index contributed by atoms with van der Waals surface area (Å²) >= 11 is 0. The van der Waals surface area contributed by atoms with Crippen LogP contribution in [0.15, 0.2) is 0 Å². The first-order valence-corrected chi connectivity index (χ1v) is 5.56. The predicted molar refractivity (Wildman–Crippen MR) is 53.5 cm³/mol. The van der Waals surface area contributed by atoms with Crippen LogP contribution >= 0.6 is 0 Å². The minimum Gasteiger partial charge on any atom is -0.336 e. The van der Waals surface area contributed by atoms with Crippen LogP contribution in [0.1, 0.15) is 48.0 Å². The standard InChI is InChI=1S/C10H14N4O/c15-10(14-5-1-2-6-14)9-11-8(12-13-9)7-3-4-7/h7H,1-6H2,(H,11,12,13). The molecule has 80 valence electrons. The van der Waals surface area contributed by atoms with Crippen LogP contribution in [0.3, 0.4) is 0 Å². The molecule has 5 heteroatoms. The molecule has 0 spiro atoms. The number of likely N-dealkylation sites (tertiary alicyclic amines) is 1. The van der Waals surface area contributed by atoms with Crippen molar-refractivity contribution in [2.75, 3.05) is 13.1 Å². The number of rotatable bonds is 2. The van der Waals surface area contributed by atoms with Crippen LogP contribution in [-0.2, 0) is 0 Å².